The van der Waals surface area contributed by atoms with Gasteiger partial charge in [0.05, 0.1) is 6.61 Å². The number of carbonyl (C=O) groups excluding carboxylic acids is 1. The van der Waals surface area contributed by atoms with Gasteiger partial charge in [-0.3, -0.25) is 9.59 Å². The standard InChI is InChI=1S/C12H15NO4/c1-17-8-10-5-3-2-4-9(10)7-13-11(14)6-12(15)16/h2-5H,6-8H2,1H3,(H,13,14)(H,15,16). The highest BCUT2D eigenvalue weighted by Crippen LogP contribution is 2.09. The summed E-state index contributed by atoms with van der Waals surface area (Å²) in [7, 11) is 1.60. The lowest BCUT2D eigenvalue weighted by Crippen LogP contribution is -2.25. The number of nitrogens with one attached hydrogen (secondary N) is 1. The summed E-state index contributed by atoms with van der Waals surface area (Å²) >= 11 is 0. The largest absolute Gasteiger partial charge is 0.481 e. The summed E-state index contributed by atoms with van der Waals surface area (Å²) in [5.74, 6) is -1.63. The first kappa shape index (κ1) is 13.2. The molecule has 5 nitrogen and oxygen atoms in total. The molecular formula is C12H15NO4. The van der Waals surface area contributed by atoms with Gasteiger partial charge in [0.15, 0.2) is 0 Å². The molecule has 0 aliphatic carbocycles. The summed E-state index contributed by atoms with van der Waals surface area (Å²) in [6.45, 7) is 0.774. The van der Waals surface area contributed by atoms with E-state index in [1.54, 1.807) is 7.11 Å². The number of aliphatic carboxylic acids is 1. The lowest BCUT2D eigenvalue weighted by Gasteiger charge is -2.09. The molecule has 0 radical (unpaired) electrons. The summed E-state index contributed by atoms with van der Waals surface area (Å²) in [5, 5.41) is 11.0. The van der Waals surface area contributed by atoms with E-state index in [4.69, 9.17) is 9.84 Å². The van der Waals surface area contributed by atoms with Crippen molar-refractivity contribution in [2.45, 2.75) is 19.6 Å². The predicted octanol–water partition coefficient (Wildman–Crippen LogP) is 0.924. The van der Waals surface area contributed by atoms with Gasteiger partial charge in [-0.05, 0) is 11.1 Å². The quantitative estimate of drug-likeness (QED) is 0.721. The minimum absolute atomic E-state index is 0.311. The van der Waals surface area contributed by atoms with E-state index in [0.717, 1.165) is 11.1 Å². The third-order valence-corrected chi connectivity index (χ3v) is 2.21. The molecule has 1 amide bonds. The Labute approximate surface area is 99.4 Å². The Balaban J connectivity index is 2.56. The van der Waals surface area contributed by atoms with Crippen molar-refractivity contribution < 1.29 is 19.4 Å². The zero-order chi connectivity index (χ0) is 12.7. The number of hydrogen-bond acceptors (Lipinski definition) is 3. The lowest BCUT2D eigenvalue weighted by atomic mass is 10.1. The van der Waals surface area contributed by atoms with Crippen LogP contribution in [-0.4, -0.2) is 24.1 Å². The monoisotopic (exact) mass is 237 g/mol. The van der Waals surface area contributed by atoms with Crippen molar-refractivity contribution in [1.29, 1.82) is 0 Å². The normalized spacial score (nSPS) is 9.94. The van der Waals surface area contributed by atoms with E-state index in [9.17, 15) is 9.59 Å². The van der Waals surface area contributed by atoms with Crippen LogP contribution in [0.2, 0.25) is 0 Å². The zero-order valence-corrected chi connectivity index (χ0v) is 9.60. The third kappa shape index (κ3) is 4.65. The highest BCUT2D eigenvalue weighted by atomic mass is 16.5. The zero-order valence-electron chi connectivity index (χ0n) is 9.60. The summed E-state index contributed by atoms with van der Waals surface area (Å²) in [6, 6.07) is 7.52. The van der Waals surface area contributed by atoms with Gasteiger partial charge in [0.25, 0.3) is 0 Å². The number of carbonyl (C=O) groups is 2. The van der Waals surface area contributed by atoms with Gasteiger partial charge in [-0.1, -0.05) is 24.3 Å². The van der Waals surface area contributed by atoms with Gasteiger partial charge in [-0.2, -0.15) is 0 Å². The summed E-state index contributed by atoms with van der Waals surface area (Å²) in [5.41, 5.74) is 1.90. The van der Waals surface area contributed by atoms with E-state index in [1.807, 2.05) is 24.3 Å². The first-order valence-electron chi connectivity index (χ1n) is 5.17. The molecule has 0 atom stereocenters. The Morgan fingerprint density at radius 3 is 2.53 bits per heavy atom. The minimum atomic E-state index is -1.13. The summed E-state index contributed by atoms with van der Waals surface area (Å²) < 4.78 is 5.03. The number of carboxylic acids is 1. The molecule has 0 aromatic heterocycles. The molecule has 92 valence electrons. The first-order valence-corrected chi connectivity index (χ1v) is 5.17. The molecule has 17 heavy (non-hydrogen) atoms. The average Bonchev–Trinajstić information content (AvgIpc) is 2.27. The summed E-state index contributed by atoms with van der Waals surface area (Å²) in [4.78, 5) is 21.5. The van der Waals surface area contributed by atoms with Crippen molar-refractivity contribution in [3.05, 3.63) is 35.4 Å². The topological polar surface area (TPSA) is 75.6 Å². The van der Waals surface area contributed by atoms with Gasteiger partial charge in [0.2, 0.25) is 5.91 Å². The van der Waals surface area contributed by atoms with Crippen LogP contribution < -0.4 is 5.32 Å². The minimum Gasteiger partial charge on any atom is -0.481 e. The second-order valence-corrected chi connectivity index (χ2v) is 3.55. The van der Waals surface area contributed by atoms with Crippen LogP contribution in [0, 0.1) is 0 Å². The number of amides is 1. The fraction of sp³-hybridized carbons (Fsp3) is 0.333. The van der Waals surface area contributed by atoms with Crippen LogP contribution in [0.15, 0.2) is 24.3 Å². The molecule has 0 saturated heterocycles. The Morgan fingerprint density at radius 2 is 1.94 bits per heavy atom. The van der Waals surface area contributed by atoms with E-state index in [2.05, 4.69) is 5.32 Å². The Hall–Kier alpha value is -1.88. The fourth-order valence-corrected chi connectivity index (χ4v) is 1.42. The highest BCUT2D eigenvalue weighted by Gasteiger charge is 2.08. The van der Waals surface area contributed by atoms with Crippen molar-refractivity contribution in [2.24, 2.45) is 0 Å². The van der Waals surface area contributed by atoms with E-state index >= 15 is 0 Å². The summed E-state index contributed by atoms with van der Waals surface area (Å²) in [6.07, 6.45) is -0.507. The molecule has 1 rings (SSSR count). The van der Waals surface area contributed by atoms with Crippen LogP contribution in [0.25, 0.3) is 0 Å². The number of hydrogen-bond donors (Lipinski definition) is 2. The molecule has 0 unspecified atom stereocenters. The van der Waals surface area contributed by atoms with Crippen molar-refractivity contribution in [1.82, 2.24) is 5.32 Å². The van der Waals surface area contributed by atoms with Gasteiger partial charge < -0.3 is 15.2 Å². The molecular weight excluding hydrogens is 222 g/mol. The van der Waals surface area contributed by atoms with Gasteiger partial charge in [0, 0.05) is 13.7 Å². The van der Waals surface area contributed by atoms with E-state index in [0.29, 0.717) is 13.2 Å². The third-order valence-electron chi connectivity index (χ3n) is 2.21. The van der Waals surface area contributed by atoms with Crippen molar-refractivity contribution in [2.75, 3.05) is 7.11 Å². The molecule has 0 aliphatic heterocycles. The molecule has 0 bridgehead atoms. The predicted molar refractivity (Wildman–Crippen MR) is 61.3 cm³/mol. The maximum atomic E-state index is 11.2. The second kappa shape index (κ2) is 6.65. The van der Waals surface area contributed by atoms with Crippen LogP contribution in [0.1, 0.15) is 17.5 Å². The van der Waals surface area contributed by atoms with E-state index in [-0.39, 0.29) is 0 Å². The van der Waals surface area contributed by atoms with E-state index in [1.165, 1.54) is 0 Å². The maximum absolute atomic E-state index is 11.2. The molecule has 5 heteroatoms. The van der Waals surface area contributed by atoms with Crippen LogP contribution in [0.4, 0.5) is 0 Å². The fourth-order valence-electron chi connectivity index (χ4n) is 1.42. The van der Waals surface area contributed by atoms with E-state index < -0.39 is 18.3 Å². The van der Waals surface area contributed by atoms with Crippen molar-refractivity contribution in [3.63, 3.8) is 0 Å². The second-order valence-electron chi connectivity index (χ2n) is 3.55. The van der Waals surface area contributed by atoms with Crippen LogP contribution in [0.3, 0.4) is 0 Å². The van der Waals surface area contributed by atoms with Crippen LogP contribution in [0.5, 0.6) is 0 Å². The number of methoxy groups -OCH3 is 1. The van der Waals surface area contributed by atoms with Gasteiger partial charge in [-0.15, -0.1) is 0 Å². The maximum Gasteiger partial charge on any atom is 0.312 e. The Morgan fingerprint density at radius 1 is 1.29 bits per heavy atom. The molecule has 2 N–H and O–H groups in total. The molecule has 1 aromatic carbocycles. The molecule has 0 spiro atoms. The highest BCUT2D eigenvalue weighted by molar-refractivity contribution is 5.93. The first-order chi connectivity index (χ1) is 8.13. The van der Waals surface area contributed by atoms with Crippen molar-refractivity contribution >= 4 is 11.9 Å². The SMILES string of the molecule is COCc1ccccc1CNC(=O)CC(=O)O. The average molecular weight is 237 g/mol. The van der Waals surface area contributed by atoms with Gasteiger partial charge in [-0.25, -0.2) is 0 Å². The van der Waals surface area contributed by atoms with Gasteiger partial charge in [0.1, 0.15) is 6.42 Å². The van der Waals surface area contributed by atoms with Crippen LogP contribution >= 0.6 is 0 Å². The molecule has 0 aliphatic rings. The molecule has 0 saturated carbocycles. The van der Waals surface area contributed by atoms with Crippen LogP contribution in [-0.2, 0) is 27.5 Å². The van der Waals surface area contributed by atoms with Gasteiger partial charge >= 0.3 is 5.97 Å². The molecule has 0 heterocycles. The number of ether oxygens (including phenoxy) is 1. The Kier molecular flexibility index (Phi) is 5.16. The lowest BCUT2D eigenvalue weighted by molar-refractivity contribution is -0.140. The smallest absolute Gasteiger partial charge is 0.312 e. The molecule has 1 aromatic rings. The number of benzene rings is 1. The van der Waals surface area contributed by atoms with Crippen molar-refractivity contribution in [3.8, 4) is 0 Å². The molecule has 0 fully saturated rings. The number of carboxylic acid groups (broad SMARTS) is 1. The Bertz CT molecular complexity index is 403. The number of rotatable bonds is 6.